The van der Waals surface area contributed by atoms with Crippen LogP contribution in [0.2, 0.25) is 0 Å². The predicted octanol–water partition coefficient (Wildman–Crippen LogP) is 4.24. The summed E-state index contributed by atoms with van der Waals surface area (Å²) in [5, 5.41) is 9.41. The van der Waals surface area contributed by atoms with E-state index in [0.29, 0.717) is 17.6 Å². The number of methoxy groups -OCH3 is 2. The maximum Gasteiger partial charge on any atom is 0.161 e. The average molecular weight is 355 g/mol. The summed E-state index contributed by atoms with van der Waals surface area (Å²) >= 11 is 0. The molecular weight excluding hydrogens is 326 g/mol. The number of ether oxygens (including phenoxy) is 2. The highest BCUT2D eigenvalue weighted by molar-refractivity contribution is 5.49. The number of rotatable bonds is 6. The number of aryl methyl sites for hydroxylation is 2. The highest BCUT2D eigenvalue weighted by Gasteiger charge is 2.31. The normalized spacial score (nSPS) is 20.3. The minimum Gasteiger partial charge on any atom is -0.508 e. The Morgan fingerprint density at radius 2 is 1.77 bits per heavy atom. The highest BCUT2D eigenvalue weighted by Crippen LogP contribution is 2.42. The molecule has 0 saturated heterocycles. The second-order valence-corrected chi connectivity index (χ2v) is 7.32. The Morgan fingerprint density at radius 1 is 1.12 bits per heavy atom. The molecule has 3 unspecified atom stereocenters. The van der Waals surface area contributed by atoms with Crippen molar-refractivity contribution in [2.45, 2.75) is 38.6 Å². The summed E-state index contributed by atoms with van der Waals surface area (Å²) in [4.78, 5) is 0. The Labute approximate surface area is 155 Å². The quantitative estimate of drug-likeness (QED) is 0.813. The molecule has 1 aliphatic carbocycles. The Bertz CT molecular complexity index is 742. The zero-order valence-corrected chi connectivity index (χ0v) is 15.9. The molecule has 0 heterocycles. The van der Waals surface area contributed by atoms with E-state index in [1.165, 1.54) is 16.7 Å². The fourth-order valence-corrected chi connectivity index (χ4v) is 4.11. The third-order valence-corrected chi connectivity index (χ3v) is 5.77. The summed E-state index contributed by atoms with van der Waals surface area (Å²) in [6.07, 6.45) is 4.22. The van der Waals surface area contributed by atoms with Gasteiger partial charge in [-0.25, -0.2) is 0 Å². The van der Waals surface area contributed by atoms with E-state index in [9.17, 15) is 5.11 Å². The minimum absolute atomic E-state index is 0.0216. The van der Waals surface area contributed by atoms with Crippen LogP contribution in [-0.4, -0.2) is 19.3 Å². The lowest BCUT2D eigenvalue weighted by Crippen LogP contribution is -2.32. The van der Waals surface area contributed by atoms with Crippen molar-refractivity contribution in [2.75, 3.05) is 14.2 Å². The van der Waals surface area contributed by atoms with Crippen LogP contribution in [0.3, 0.4) is 0 Å². The van der Waals surface area contributed by atoms with E-state index < -0.39 is 0 Å². The lowest BCUT2D eigenvalue weighted by molar-refractivity contribution is 0.255. The van der Waals surface area contributed by atoms with Gasteiger partial charge >= 0.3 is 0 Å². The molecule has 0 amide bonds. The van der Waals surface area contributed by atoms with Crippen LogP contribution in [0.4, 0.5) is 0 Å². The van der Waals surface area contributed by atoms with Crippen LogP contribution in [0.1, 0.15) is 42.5 Å². The first kappa shape index (κ1) is 18.6. The zero-order chi connectivity index (χ0) is 18.7. The van der Waals surface area contributed by atoms with E-state index in [4.69, 9.17) is 15.2 Å². The number of phenols is 1. The lowest BCUT2D eigenvalue weighted by atomic mass is 9.73. The molecule has 0 saturated carbocycles. The summed E-state index contributed by atoms with van der Waals surface area (Å²) < 4.78 is 10.9. The number of hydrogen-bond donors (Lipinski definition) is 2. The zero-order valence-electron chi connectivity index (χ0n) is 15.9. The van der Waals surface area contributed by atoms with Gasteiger partial charge in [0.1, 0.15) is 5.75 Å². The number of benzene rings is 2. The second-order valence-electron chi connectivity index (χ2n) is 7.32. The number of aromatic hydroxyl groups is 1. The van der Waals surface area contributed by atoms with Crippen molar-refractivity contribution in [2.24, 2.45) is 17.6 Å². The molecule has 3 atom stereocenters. The van der Waals surface area contributed by atoms with E-state index in [2.05, 4.69) is 19.1 Å². The Hall–Kier alpha value is -2.20. The molecule has 0 radical (unpaired) electrons. The van der Waals surface area contributed by atoms with Crippen LogP contribution >= 0.6 is 0 Å². The third-order valence-electron chi connectivity index (χ3n) is 5.77. The summed E-state index contributed by atoms with van der Waals surface area (Å²) in [6, 6.07) is 11.6. The van der Waals surface area contributed by atoms with Crippen LogP contribution < -0.4 is 15.2 Å². The largest absolute Gasteiger partial charge is 0.508 e. The maximum atomic E-state index is 9.41. The maximum absolute atomic E-state index is 9.41. The number of hydrogen-bond acceptors (Lipinski definition) is 4. The SMILES string of the molecule is COc1cc2c(cc1OC)C(N)C(C(C)CCc1ccc(O)cc1)CC2. The highest BCUT2D eigenvalue weighted by atomic mass is 16.5. The van der Waals surface area contributed by atoms with E-state index in [-0.39, 0.29) is 6.04 Å². The van der Waals surface area contributed by atoms with Crippen molar-refractivity contribution in [3.63, 3.8) is 0 Å². The van der Waals surface area contributed by atoms with Gasteiger partial charge in [-0.05, 0) is 78.5 Å². The van der Waals surface area contributed by atoms with Crippen molar-refractivity contribution in [3.05, 3.63) is 53.1 Å². The van der Waals surface area contributed by atoms with E-state index in [0.717, 1.165) is 37.2 Å². The predicted molar refractivity (Wildman–Crippen MR) is 104 cm³/mol. The number of fused-ring (bicyclic) bond motifs is 1. The first-order valence-corrected chi connectivity index (χ1v) is 9.31. The smallest absolute Gasteiger partial charge is 0.161 e. The Kier molecular flexibility index (Phi) is 5.72. The van der Waals surface area contributed by atoms with Crippen LogP contribution in [0.15, 0.2) is 36.4 Å². The molecular formula is C22H29NO3. The lowest BCUT2D eigenvalue weighted by Gasteiger charge is -2.35. The van der Waals surface area contributed by atoms with Crippen LogP contribution in [0.25, 0.3) is 0 Å². The average Bonchev–Trinajstić information content (AvgIpc) is 2.66. The molecule has 0 fully saturated rings. The molecule has 2 aromatic rings. The molecule has 4 heteroatoms. The topological polar surface area (TPSA) is 64.7 Å². The molecule has 4 nitrogen and oxygen atoms in total. The molecule has 26 heavy (non-hydrogen) atoms. The van der Waals surface area contributed by atoms with E-state index >= 15 is 0 Å². The number of nitrogens with two attached hydrogens (primary N) is 1. The molecule has 3 rings (SSSR count). The number of phenolic OH excluding ortho intramolecular Hbond substituents is 1. The fourth-order valence-electron chi connectivity index (χ4n) is 4.11. The van der Waals surface area contributed by atoms with Crippen LogP contribution in [0, 0.1) is 11.8 Å². The first-order chi connectivity index (χ1) is 12.5. The van der Waals surface area contributed by atoms with Gasteiger partial charge in [0, 0.05) is 6.04 Å². The van der Waals surface area contributed by atoms with Gasteiger partial charge < -0.3 is 20.3 Å². The third kappa shape index (κ3) is 3.80. The van der Waals surface area contributed by atoms with Gasteiger partial charge in [0.2, 0.25) is 0 Å². The van der Waals surface area contributed by atoms with Crippen molar-refractivity contribution in [1.29, 1.82) is 0 Å². The van der Waals surface area contributed by atoms with Gasteiger partial charge in [-0.1, -0.05) is 19.1 Å². The molecule has 2 aromatic carbocycles. The molecule has 1 aliphatic rings. The minimum atomic E-state index is 0.0216. The summed E-state index contributed by atoms with van der Waals surface area (Å²) in [7, 11) is 3.33. The van der Waals surface area contributed by atoms with Gasteiger partial charge in [0.25, 0.3) is 0 Å². The van der Waals surface area contributed by atoms with E-state index in [1.54, 1.807) is 26.4 Å². The first-order valence-electron chi connectivity index (χ1n) is 9.31. The summed E-state index contributed by atoms with van der Waals surface area (Å²) in [5.41, 5.74) is 10.4. The van der Waals surface area contributed by atoms with Crippen molar-refractivity contribution >= 4 is 0 Å². The molecule has 3 N–H and O–H groups in total. The van der Waals surface area contributed by atoms with Crippen LogP contribution in [-0.2, 0) is 12.8 Å². The monoisotopic (exact) mass is 355 g/mol. The molecule has 0 bridgehead atoms. The standard InChI is InChI=1S/C22H29NO3/c1-14(4-5-15-6-9-17(24)10-7-15)18-11-8-16-12-20(25-2)21(26-3)13-19(16)22(18)23/h6-7,9-10,12-14,18,22,24H,4-5,8,11,23H2,1-3H3. The van der Waals surface area contributed by atoms with Gasteiger partial charge in [0.15, 0.2) is 11.5 Å². The van der Waals surface area contributed by atoms with Crippen molar-refractivity contribution in [3.8, 4) is 17.2 Å². The van der Waals surface area contributed by atoms with Gasteiger partial charge in [0.05, 0.1) is 14.2 Å². The molecule has 0 aliphatic heterocycles. The van der Waals surface area contributed by atoms with Crippen molar-refractivity contribution < 1.29 is 14.6 Å². The van der Waals surface area contributed by atoms with Gasteiger partial charge in [-0.3, -0.25) is 0 Å². The summed E-state index contributed by atoms with van der Waals surface area (Å²) in [5.74, 6) is 2.83. The fraction of sp³-hybridized carbons (Fsp3) is 0.455. The molecule has 140 valence electrons. The second kappa shape index (κ2) is 8.00. The molecule has 0 spiro atoms. The Morgan fingerprint density at radius 3 is 2.42 bits per heavy atom. The van der Waals surface area contributed by atoms with Gasteiger partial charge in [-0.2, -0.15) is 0 Å². The van der Waals surface area contributed by atoms with Gasteiger partial charge in [-0.15, -0.1) is 0 Å². The summed E-state index contributed by atoms with van der Waals surface area (Å²) in [6.45, 7) is 2.30. The van der Waals surface area contributed by atoms with Crippen molar-refractivity contribution in [1.82, 2.24) is 0 Å². The molecule has 0 aromatic heterocycles. The Balaban J connectivity index is 1.71. The van der Waals surface area contributed by atoms with E-state index in [1.807, 2.05) is 12.1 Å². The van der Waals surface area contributed by atoms with Crippen LogP contribution in [0.5, 0.6) is 17.2 Å².